The van der Waals surface area contributed by atoms with E-state index in [0.29, 0.717) is 23.8 Å². The molecule has 4 aliphatic rings. The second-order valence-corrected chi connectivity index (χ2v) is 8.01. The van der Waals surface area contributed by atoms with Crippen LogP contribution in [0.5, 0.6) is 0 Å². The molecule has 3 nitrogen and oxygen atoms in total. The fourth-order valence-electron chi connectivity index (χ4n) is 4.99. The number of nitrogens with zero attached hydrogens (tertiary/aromatic N) is 2. The number of halogens is 2. The Morgan fingerprint density at radius 1 is 1.17 bits per heavy atom. The standard InChI is InChI=1S/C18H22F2N2OS/c1-24-10-16(23)22-9-15(12-6-13(19)8-14(20)7-12)18-17(22)11-2-4-21(18)5-3-11/h6-8,11,15,17-18H,2-5,9-10H2,1H3/t15-,17+,18+/m1/s1. The van der Waals surface area contributed by atoms with E-state index in [9.17, 15) is 13.6 Å². The number of piperidine rings is 3. The summed E-state index contributed by atoms with van der Waals surface area (Å²) >= 11 is 1.53. The molecule has 0 unspecified atom stereocenters. The highest BCUT2D eigenvalue weighted by Crippen LogP contribution is 2.46. The number of hydrogen-bond acceptors (Lipinski definition) is 3. The van der Waals surface area contributed by atoms with Gasteiger partial charge in [-0.3, -0.25) is 9.69 Å². The van der Waals surface area contributed by atoms with E-state index in [0.717, 1.165) is 32.0 Å². The Kier molecular flexibility index (Phi) is 4.29. The molecule has 5 rings (SSSR count). The Morgan fingerprint density at radius 2 is 1.83 bits per heavy atom. The van der Waals surface area contributed by atoms with E-state index in [1.807, 2.05) is 11.2 Å². The second kappa shape index (κ2) is 6.30. The van der Waals surface area contributed by atoms with Gasteiger partial charge in [0.25, 0.3) is 0 Å². The number of fused-ring (bicyclic) bond motifs is 2. The van der Waals surface area contributed by atoms with Crippen LogP contribution in [-0.2, 0) is 4.79 Å². The van der Waals surface area contributed by atoms with Gasteiger partial charge >= 0.3 is 0 Å². The predicted molar refractivity (Wildman–Crippen MR) is 91.1 cm³/mol. The monoisotopic (exact) mass is 352 g/mol. The zero-order valence-corrected chi connectivity index (χ0v) is 14.6. The lowest BCUT2D eigenvalue weighted by Gasteiger charge is -2.51. The minimum atomic E-state index is -0.536. The molecule has 1 aromatic carbocycles. The van der Waals surface area contributed by atoms with Crippen molar-refractivity contribution >= 4 is 17.7 Å². The molecule has 6 heteroatoms. The number of rotatable bonds is 3. The van der Waals surface area contributed by atoms with Crippen molar-refractivity contribution in [3.8, 4) is 0 Å². The SMILES string of the molecule is CSCC(=O)N1C[C@H](c2cc(F)cc(F)c2)[C@H]2[C@@H]1C1CCN2CC1. The summed E-state index contributed by atoms with van der Waals surface area (Å²) in [5, 5.41) is 0. The van der Waals surface area contributed by atoms with E-state index in [1.54, 1.807) is 0 Å². The Hall–Kier alpha value is -1.14. The van der Waals surface area contributed by atoms with Gasteiger partial charge < -0.3 is 4.90 Å². The van der Waals surface area contributed by atoms with Crippen LogP contribution in [0.4, 0.5) is 8.78 Å². The average Bonchev–Trinajstić information content (AvgIpc) is 2.98. The molecule has 1 aromatic rings. The third-order valence-corrected chi connectivity index (χ3v) is 6.43. The molecular formula is C18H22F2N2OS. The lowest BCUT2D eigenvalue weighted by atomic mass is 9.75. The molecule has 0 saturated carbocycles. The van der Waals surface area contributed by atoms with Gasteiger partial charge in [-0.1, -0.05) is 0 Å². The summed E-state index contributed by atoms with van der Waals surface area (Å²) in [6.45, 7) is 2.64. The lowest BCUT2D eigenvalue weighted by molar-refractivity contribution is -0.133. The van der Waals surface area contributed by atoms with Crippen molar-refractivity contribution in [3.05, 3.63) is 35.4 Å². The van der Waals surface area contributed by atoms with Gasteiger partial charge in [0.1, 0.15) is 11.6 Å². The van der Waals surface area contributed by atoms with Gasteiger partial charge in [-0.2, -0.15) is 11.8 Å². The number of thioether (sulfide) groups is 1. The Morgan fingerprint density at radius 3 is 2.46 bits per heavy atom. The molecule has 4 fully saturated rings. The van der Waals surface area contributed by atoms with Gasteiger partial charge in [0, 0.05) is 24.6 Å². The van der Waals surface area contributed by atoms with Crippen LogP contribution in [0.3, 0.4) is 0 Å². The maximum Gasteiger partial charge on any atom is 0.232 e. The summed E-state index contributed by atoms with van der Waals surface area (Å²) < 4.78 is 27.5. The first-order chi connectivity index (χ1) is 11.6. The highest BCUT2D eigenvalue weighted by atomic mass is 32.2. The summed E-state index contributed by atoms with van der Waals surface area (Å²) in [6.07, 6.45) is 4.17. The molecule has 0 N–H and O–H groups in total. The molecule has 24 heavy (non-hydrogen) atoms. The molecule has 1 amide bonds. The minimum Gasteiger partial charge on any atom is -0.336 e. The number of hydrogen-bond donors (Lipinski definition) is 0. The highest BCUT2D eigenvalue weighted by molar-refractivity contribution is 7.99. The van der Waals surface area contributed by atoms with Crippen molar-refractivity contribution in [2.75, 3.05) is 31.6 Å². The normalized spacial score (nSPS) is 34.5. The van der Waals surface area contributed by atoms with E-state index in [1.165, 1.54) is 23.9 Å². The largest absolute Gasteiger partial charge is 0.336 e. The molecule has 4 saturated heterocycles. The number of likely N-dealkylation sites (tertiary alicyclic amines) is 1. The van der Waals surface area contributed by atoms with E-state index < -0.39 is 11.6 Å². The average molecular weight is 352 g/mol. The second-order valence-electron chi connectivity index (χ2n) is 7.14. The summed E-state index contributed by atoms with van der Waals surface area (Å²) in [6, 6.07) is 4.20. The molecule has 4 heterocycles. The third-order valence-electron chi connectivity index (χ3n) is 5.90. The van der Waals surface area contributed by atoms with Crippen LogP contribution < -0.4 is 0 Å². The first kappa shape index (κ1) is 16.3. The van der Waals surface area contributed by atoms with E-state index in [2.05, 4.69) is 4.90 Å². The van der Waals surface area contributed by atoms with Gasteiger partial charge in [-0.15, -0.1) is 0 Å². The van der Waals surface area contributed by atoms with Crippen molar-refractivity contribution in [1.82, 2.24) is 9.80 Å². The van der Waals surface area contributed by atoms with Gasteiger partial charge in [-0.25, -0.2) is 8.78 Å². The Balaban J connectivity index is 1.71. The van der Waals surface area contributed by atoms with E-state index >= 15 is 0 Å². The zero-order chi connectivity index (χ0) is 16.8. The van der Waals surface area contributed by atoms with E-state index in [4.69, 9.17) is 0 Å². The zero-order valence-electron chi connectivity index (χ0n) is 13.8. The summed E-state index contributed by atoms with van der Waals surface area (Å²) in [7, 11) is 0. The maximum atomic E-state index is 13.7. The molecule has 130 valence electrons. The van der Waals surface area contributed by atoms with Crippen LogP contribution in [0.25, 0.3) is 0 Å². The van der Waals surface area contributed by atoms with Crippen molar-refractivity contribution in [1.29, 1.82) is 0 Å². The number of carbonyl (C=O) groups is 1. The molecule has 0 radical (unpaired) electrons. The molecule has 0 aliphatic carbocycles. The topological polar surface area (TPSA) is 23.6 Å². The molecule has 0 spiro atoms. The van der Waals surface area contributed by atoms with Gasteiger partial charge in [0.15, 0.2) is 0 Å². The smallest absolute Gasteiger partial charge is 0.232 e. The van der Waals surface area contributed by atoms with Crippen LogP contribution >= 0.6 is 11.8 Å². The summed E-state index contributed by atoms with van der Waals surface area (Å²) in [4.78, 5) is 17.1. The fourth-order valence-corrected chi connectivity index (χ4v) is 5.41. The number of amides is 1. The van der Waals surface area contributed by atoms with Crippen molar-refractivity contribution in [2.24, 2.45) is 5.92 Å². The van der Waals surface area contributed by atoms with Gasteiger partial charge in [0.05, 0.1) is 11.8 Å². The fraction of sp³-hybridized carbons (Fsp3) is 0.611. The van der Waals surface area contributed by atoms with Crippen LogP contribution in [0.15, 0.2) is 18.2 Å². The van der Waals surface area contributed by atoms with Crippen molar-refractivity contribution < 1.29 is 13.6 Å². The number of carbonyl (C=O) groups excluding carboxylic acids is 1. The molecule has 2 bridgehead atoms. The molecule has 4 aliphatic heterocycles. The first-order valence-electron chi connectivity index (χ1n) is 8.57. The quantitative estimate of drug-likeness (QED) is 0.836. The van der Waals surface area contributed by atoms with Crippen LogP contribution in [0.2, 0.25) is 0 Å². The summed E-state index contributed by atoms with van der Waals surface area (Å²) in [5.74, 6) is 0.0759. The predicted octanol–water partition coefficient (Wildman–Crippen LogP) is 2.72. The van der Waals surface area contributed by atoms with Crippen LogP contribution in [-0.4, -0.2) is 59.4 Å². The minimum absolute atomic E-state index is 0.00546. The Bertz CT molecular complexity index is 628. The van der Waals surface area contributed by atoms with Crippen molar-refractivity contribution in [2.45, 2.75) is 30.8 Å². The van der Waals surface area contributed by atoms with Crippen LogP contribution in [0, 0.1) is 17.6 Å². The van der Waals surface area contributed by atoms with Gasteiger partial charge in [-0.05, 0) is 55.8 Å². The Labute approximate surface area is 145 Å². The van der Waals surface area contributed by atoms with Crippen molar-refractivity contribution in [3.63, 3.8) is 0 Å². The van der Waals surface area contributed by atoms with E-state index in [-0.39, 0.29) is 23.9 Å². The maximum absolute atomic E-state index is 13.7. The first-order valence-corrected chi connectivity index (χ1v) is 9.96. The molecule has 0 aromatic heterocycles. The summed E-state index contributed by atoms with van der Waals surface area (Å²) in [5.41, 5.74) is 0.689. The lowest BCUT2D eigenvalue weighted by Crippen LogP contribution is -2.60. The number of benzene rings is 1. The third kappa shape index (κ3) is 2.64. The highest BCUT2D eigenvalue weighted by Gasteiger charge is 2.54. The van der Waals surface area contributed by atoms with Crippen LogP contribution in [0.1, 0.15) is 24.3 Å². The molecule has 3 atom stereocenters. The molecular weight excluding hydrogens is 330 g/mol. The van der Waals surface area contributed by atoms with Gasteiger partial charge in [0.2, 0.25) is 5.91 Å².